The SMILES string of the molecule is CCOCC(O)COc1ccc(OC)cc1CNC. The summed E-state index contributed by atoms with van der Waals surface area (Å²) in [5.41, 5.74) is 0.991. The average Bonchev–Trinajstić information content (AvgIpc) is 2.43. The van der Waals surface area contributed by atoms with Crippen molar-refractivity contribution in [3.8, 4) is 11.5 Å². The Morgan fingerprint density at radius 3 is 2.74 bits per heavy atom. The highest BCUT2D eigenvalue weighted by Crippen LogP contribution is 2.24. The molecule has 0 aliphatic heterocycles. The molecule has 5 nitrogen and oxygen atoms in total. The molecule has 108 valence electrons. The normalized spacial score (nSPS) is 12.2. The van der Waals surface area contributed by atoms with Gasteiger partial charge in [0.1, 0.15) is 24.2 Å². The number of aliphatic hydroxyl groups is 1. The number of methoxy groups -OCH3 is 1. The molecule has 0 aromatic heterocycles. The van der Waals surface area contributed by atoms with Gasteiger partial charge in [-0.2, -0.15) is 0 Å². The predicted molar refractivity (Wildman–Crippen MR) is 73.8 cm³/mol. The summed E-state index contributed by atoms with van der Waals surface area (Å²) in [7, 11) is 3.50. The van der Waals surface area contributed by atoms with Gasteiger partial charge in [0.05, 0.1) is 13.7 Å². The molecule has 0 aliphatic carbocycles. The van der Waals surface area contributed by atoms with Crippen LogP contribution in [0.1, 0.15) is 12.5 Å². The first-order valence-corrected chi connectivity index (χ1v) is 6.41. The molecule has 0 fully saturated rings. The van der Waals surface area contributed by atoms with Crippen LogP contribution >= 0.6 is 0 Å². The molecule has 1 aromatic rings. The fourth-order valence-electron chi connectivity index (χ4n) is 1.64. The summed E-state index contributed by atoms with van der Waals surface area (Å²) in [6.45, 7) is 3.65. The zero-order valence-corrected chi connectivity index (χ0v) is 11.8. The molecular weight excluding hydrogens is 246 g/mol. The minimum absolute atomic E-state index is 0.211. The van der Waals surface area contributed by atoms with Crippen molar-refractivity contribution in [2.24, 2.45) is 0 Å². The number of ether oxygens (including phenoxy) is 3. The molecule has 0 heterocycles. The Kier molecular flexibility index (Phi) is 7.25. The maximum Gasteiger partial charge on any atom is 0.124 e. The fraction of sp³-hybridized carbons (Fsp3) is 0.571. The van der Waals surface area contributed by atoms with Gasteiger partial charge in [-0.05, 0) is 32.2 Å². The third-order valence-electron chi connectivity index (χ3n) is 2.58. The summed E-state index contributed by atoms with van der Waals surface area (Å²) in [6, 6.07) is 5.60. The highest BCUT2D eigenvalue weighted by atomic mass is 16.5. The maximum absolute atomic E-state index is 9.67. The van der Waals surface area contributed by atoms with Crippen LogP contribution in [-0.4, -0.2) is 45.2 Å². The van der Waals surface area contributed by atoms with Gasteiger partial charge >= 0.3 is 0 Å². The minimum Gasteiger partial charge on any atom is -0.497 e. The molecule has 1 atom stereocenters. The van der Waals surface area contributed by atoms with E-state index in [1.807, 2.05) is 32.2 Å². The van der Waals surface area contributed by atoms with E-state index in [1.165, 1.54) is 0 Å². The van der Waals surface area contributed by atoms with Crippen molar-refractivity contribution in [3.05, 3.63) is 23.8 Å². The summed E-state index contributed by atoms with van der Waals surface area (Å²) >= 11 is 0. The lowest BCUT2D eigenvalue weighted by Crippen LogP contribution is -2.24. The van der Waals surface area contributed by atoms with Crippen LogP contribution in [0.15, 0.2) is 18.2 Å². The van der Waals surface area contributed by atoms with Crippen LogP contribution in [-0.2, 0) is 11.3 Å². The molecule has 19 heavy (non-hydrogen) atoms. The Balaban J connectivity index is 2.60. The number of nitrogens with one attached hydrogen (secondary N) is 1. The predicted octanol–water partition coefficient (Wildman–Crippen LogP) is 1.19. The average molecular weight is 269 g/mol. The second kappa shape index (κ2) is 8.74. The van der Waals surface area contributed by atoms with E-state index in [9.17, 15) is 5.11 Å². The third-order valence-corrected chi connectivity index (χ3v) is 2.58. The van der Waals surface area contributed by atoms with Gasteiger partial charge in [0.2, 0.25) is 0 Å². The van der Waals surface area contributed by atoms with E-state index in [0.717, 1.165) is 17.1 Å². The third kappa shape index (κ3) is 5.46. The van der Waals surface area contributed by atoms with E-state index in [2.05, 4.69) is 5.32 Å². The Morgan fingerprint density at radius 2 is 2.11 bits per heavy atom. The van der Waals surface area contributed by atoms with E-state index in [-0.39, 0.29) is 13.2 Å². The molecule has 5 heteroatoms. The maximum atomic E-state index is 9.67. The Labute approximate surface area is 114 Å². The van der Waals surface area contributed by atoms with Crippen LogP contribution in [0, 0.1) is 0 Å². The first kappa shape index (κ1) is 15.8. The first-order valence-electron chi connectivity index (χ1n) is 6.41. The van der Waals surface area contributed by atoms with E-state index in [4.69, 9.17) is 14.2 Å². The van der Waals surface area contributed by atoms with Crippen molar-refractivity contribution in [1.29, 1.82) is 0 Å². The monoisotopic (exact) mass is 269 g/mol. The van der Waals surface area contributed by atoms with Crippen molar-refractivity contribution in [1.82, 2.24) is 5.32 Å². The summed E-state index contributed by atoms with van der Waals surface area (Å²) in [4.78, 5) is 0. The van der Waals surface area contributed by atoms with E-state index in [0.29, 0.717) is 13.2 Å². The van der Waals surface area contributed by atoms with Gasteiger partial charge in [0.25, 0.3) is 0 Å². The lowest BCUT2D eigenvalue weighted by Gasteiger charge is -2.15. The lowest BCUT2D eigenvalue weighted by molar-refractivity contribution is 0.0162. The largest absolute Gasteiger partial charge is 0.497 e. The number of hydrogen-bond acceptors (Lipinski definition) is 5. The van der Waals surface area contributed by atoms with Gasteiger partial charge in [0.15, 0.2) is 0 Å². The van der Waals surface area contributed by atoms with Crippen molar-refractivity contribution in [3.63, 3.8) is 0 Å². The molecule has 0 bridgehead atoms. The quantitative estimate of drug-likeness (QED) is 0.705. The molecule has 1 rings (SSSR count). The van der Waals surface area contributed by atoms with Crippen LogP contribution in [0.25, 0.3) is 0 Å². The standard InChI is InChI=1S/C14H23NO4/c1-4-18-9-12(16)10-19-14-6-5-13(17-3)7-11(14)8-15-2/h5-7,12,15-16H,4,8-10H2,1-3H3. The highest BCUT2D eigenvalue weighted by molar-refractivity contribution is 5.40. The zero-order valence-electron chi connectivity index (χ0n) is 11.8. The smallest absolute Gasteiger partial charge is 0.124 e. The van der Waals surface area contributed by atoms with E-state index < -0.39 is 6.10 Å². The van der Waals surface area contributed by atoms with Crippen LogP contribution in [0.3, 0.4) is 0 Å². The van der Waals surface area contributed by atoms with Gasteiger partial charge in [0, 0.05) is 18.7 Å². The molecule has 0 amide bonds. The van der Waals surface area contributed by atoms with Gasteiger partial charge in [-0.1, -0.05) is 0 Å². The van der Waals surface area contributed by atoms with Crippen molar-refractivity contribution < 1.29 is 19.3 Å². The van der Waals surface area contributed by atoms with Crippen LogP contribution in [0.2, 0.25) is 0 Å². The Bertz CT molecular complexity index is 370. The van der Waals surface area contributed by atoms with E-state index >= 15 is 0 Å². The topological polar surface area (TPSA) is 60.0 Å². The highest BCUT2D eigenvalue weighted by Gasteiger charge is 2.09. The summed E-state index contributed by atoms with van der Waals surface area (Å²) < 4.78 is 15.9. The van der Waals surface area contributed by atoms with Crippen LogP contribution in [0.5, 0.6) is 11.5 Å². The summed E-state index contributed by atoms with van der Waals surface area (Å²) in [5, 5.41) is 12.7. The Hall–Kier alpha value is -1.30. The zero-order chi connectivity index (χ0) is 14.1. The molecule has 0 aliphatic rings. The molecule has 0 saturated heterocycles. The first-order chi connectivity index (χ1) is 9.21. The molecule has 1 unspecified atom stereocenters. The molecule has 0 spiro atoms. The second-order valence-electron chi connectivity index (χ2n) is 4.13. The molecule has 1 aromatic carbocycles. The van der Waals surface area contributed by atoms with Crippen LogP contribution < -0.4 is 14.8 Å². The minimum atomic E-state index is -0.621. The molecule has 0 radical (unpaired) electrons. The lowest BCUT2D eigenvalue weighted by atomic mass is 10.2. The van der Waals surface area contributed by atoms with E-state index in [1.54, 1.807) is 7.11 Å². The molecule has 0 saturated carbocycles. The molecular formula is C14H23NO4. The number of benzene rings is 1. The van der Waals surface area contributed by atoms with Crippen LogP contribution in [0.4, 0.5) is 0 Å². The van der Waals surface area contributed by atoms with Gasteiger partial charge in [-0.15, -0.1) is 0 Å². The molecule has 2 N–H and O–H groups in total. The number of rotatable bonds is 9. The van der Waals surface area contributed by atoms with Gasteiger partial charge in [-0.25, -0.2) is 0 Å². The Morgan fingerprint density at radius 1 is 1.32 bits per heavy atom. The van der Waals surface area contributed by atoms with Crippen molar-refractivity contribution in [2.45, 2.75) is 19.6 Å². The van der Waals surface area contributed by atoms with Gasteiger partial charge in [-0.3, -0.25) is 0 Å². The fourth-order valence-corrected chi connectivity index (χ4v) is 1.64. The second-order valence-corrected chi connectivity index (χ2v) is 4.13. The van der Waals surface area contributed by atoms with Gasteiger partial charge < -0.3 is 24.6 Å². The summed E-state index contributed by atoms with van der Waals surface area (Å²) in [5.74, 6) is 1.53. The van der Waals surface area contributed by atoms with Crippen molar-refractivity contribution >= 4 is 0 Å². The number of aliphatic hydroxyl groups excluding tert-OH is 1. The van der Waals surface area contributed by atoms with Crippen molar-refractivity contribution in [2.75, 3.05) is 34.0 Å². The number of hydrogen-bond donors (Lipinski definition) is 2. The summed E-state index contributed by atoms with van der Waals surface area (Å²) in [6.07, 6.45) is -0.621.